The van der Waals surface area contributed by atoms with Crippen molar-refractivity contribution in [2.75, 3.05) is 5.32 Å². The third kappa shape index (κ3) is 3.71. The summed E-state index contributed by atoms with van der Waals surface area (Å²) in [5.74, 6) is -0.333. The fourth-order valence-electron chi connectivity index (χ4n) is 3.61. The lowest BCUT2D eigenvalue weighted by Crippen LogP contribution is -2.40. The highest BCUT2D eigenvalue weighted by Gasteiger charge is 2.18. The van der Waals surface area contributed by atoms with Crippen LogP contribution in [-0.2, 0) is 11.3 Å². The molecular formula is C23H21N3O3S. The van der Waals surface area contributed by atoms with E-state index < -0.39 is 5.69 Å². The van der Waals surface area contributed by atoms with Crippen LogP contribution in [0, 0.1) is 20.8 Å². The number of benzene rings is 2. The lowest BCUT2D eigenvalue weighted by Gasteiger charge is -2.13. The number of aryl methyl sites for hydroxylation is 3. The highest BCUT2D eigenvalue weighted by Crippen LogP contribution is 2.18. The van der Waals surface area contributed by atoms with Gasteiger partial charge in [0.05, 0.1) is 11.2 Å². The summed E-state index contributed by atoms with van der Waals surface area (Å²) in [4.78, 5) is 39.1. The average molecular weight is 420 g/mol. The molecule has 1 amide bonds. The Kier molecular flexibility index (Phi) is 5.13. The Hall–Kier alpha value is -3.45. The van der Waals surface area contributed by atoms with E-state index in [9.17, 15) is 14.4 Å². The minimum atomic E-state index is -0.532. The van der Waals surface area contributed by atoms with Crippen LogP contribution in [0.25, 0.3) is 15.9 Å². The molecule has 0 spiro atoms. The molecule has 0 atom stereocenters. The molecule has 0 radical (unpaired) electrons. The van der Waals surface area contributed by atoms with E-state index in [1.54, 1.807) is 29.6 Å². The van der Waals surface area contributed by atoms with E-state index in [1.165, 1.54) is 15.9 Å². The van der Waals surface area contributed by atoms with Crippen LogP contribution in [0.5, 0.6) is 0 Å². The number of rotatable bonds is 4. The van der Waals surface area contributed by atoms with Gasteiger partial charge in [0.1, 0.15) is 11.2 Å². The van der Waals surface area contributed by atoms with Crippen molar-refractivity contribution in [1.29, 1.82) is 0 Å². The Bertz CT molecular complexity index is 1370. The minimum Gasteiger partial charge on any atom is -0.325 e. The van der Waals surface area contributed by atoms with Gasteiger partial charge in [-0.05, 0) is 73.2 Å². The van der Waals surface area contributed by atoms with Crippen LogP contribution in [0.3, 0.4) is 0 Å². The van der Waals surface area contributed by atoms with E-state index in [2.05, 4.69) is 5.32 Å². The molecule has 4 rings (SSSR count). The van der Waals surface area contributed by atoms with Crippen molar-refractivity contribution >= 4 is 33.1 Å². The maximum atomic E-state index is 13.3. The van der Waals surface area contributed by atoms with E-state index in [4.69, 9.17) is 0 Å². The van der Waals surface area contributed by atoms with E-state index in [0.29, 0.717) is 21.6 Å². The standard InChI is InChI=1S/C23H21N3O3S/c1-14-5-4-6-17(10-14)24-20(27)13-25-19-7-8-30-21(19)22(28)26(23(25)29)18-11-15(2)9-16(3)12-18/h4-12H,13H2,1-3H3,(H,24,27). The molecule has 6 nitrogen and oxygen atoms in total. The van der Waals surface area contributed by atoms with Crippen molar-refractivity contribution < 1.29 is 4.79 Å². The van der Waals surface area contributed by atoms with Crippen LogP contribution in [-0.4, -0.2) is 15.0 Å². The second kappa shape index (κ2) is 7.76. The van der Waals surface area contributed by atoms with Crippen molar-refractivity contribution in [3.63, 3.8) is 0 Å². The Labute approximate surface area is 177 Å². The van der Waals surface area contributed by atoms with Gasteiger partial charge in [0.15, 0.2) is 0 Å². The molecule has 2 heterocycles. The first kappa shape index (κ1) is 19.8. The first-order chi connectivity index (χ1) is 14.3. The van der Waals surface area contributed by atoms with Crippen LogP contribution >= 0.6 is 11.3 Å². The fraction of sp³-hybridized carbons (Fsp3) is 0.174. The molecule has 0 bridgehead atoms. The molecule has 0 aliphatic rings. The second-order valence-corrected chi connectivity index (χ2v) is 8.32. The van der Waals surface area contributed by atoms with Gasteiger partial charge in [-0.1, -0.05) is 18.2 Å². The highest BCUT2D eigenvalue weighted by molar-refractivity contribution is 7.17. The molecule has 0 saturated heterocycles. The Morgan fingerprint density at radius 1 is 0.967 bits per heavy atom. The minimum absolute atomic E-state index is 0.189. The second-order valence-electron chi connectivity index (χ2n) is 7.41. The zero-order chi connectivity index (χ0) is 21.4. The molecule has 0 unspecified atom stereocenters. The third-order valence-corrected chi connectivity index (χ3v) is 5.71. The summed E-state index contributed by atoms with van der Waals surface area (Å²) < 4.78 is 2.95. The van der Waals surface area contributed by atoms with Gasteiger partial charge in [-0.25, -0.2) is 9.36 Å². The molecular weight excluding hydrogens is 398 g/mol. The predicted octanol–water partition coefficient (Wildman–Crippen LogP) is 3.78. The first-order valence-electron chi connectivity index (χ1n) is 9.52. The Morgan fingerprint density at radius 2 is 1.70 bits per heavy atom. The van der Waals surface area contributed by atoms with E-state index in [0.717, 1.165) is 21.3 Å². The number of carbonyl (C=O) groups excluding carboxylic acids is 1. The summed E-state index contributed by atoms with van der Waals surface area (Å²) in [6.45, 7) is 5.58. The largest absolute Gasteiger partial charge is 0.336 e. The van der Waals surface area contributed by atoms with Gasteiger partial charge in [0.2, 0.25) is 5.91 Å². The number of aromatic nitrogens is 2. The maximum absolute atomic E-state index is 13.3. The number of hydrogen-bond donors (Lipinski definition) is 1. The molecule has 30 heavy (non-hydrogen) atoms. The Balaban J connectivity index is 1.82. The number of nitrogens with one attached hydrogen (secondary N) is 1. The zero-order valence-electron chi connectivity index (χ0n) is 16.9. The fourth-order valence-corrected chi connectivity index (χ4v) is 4.44. The van der Waals surface area contributed by atoms with Gasteiger partial charge in [0.25, 0.3) is 5.56 Å². The number of carbonyl (C=O) groups is 1. The summed E-state index contributed by atoms with van der Waals surface area (Å²) >= 11 is 1.26. The van der Waals surface area contributed by atoms with Crippen LogP contribution in [0.1, 0.15) is 16.7 Å². The quantitative estimate of drug-likeness (QED) is 0.547. The van der Waals surface area contributed by atoms with Crippen molar-refractivity contribution in [2.45, 2.75) is 27.3 Å². The van der Waals surface area contributed by atoms with Crippen molar-refractivity contribution in [3.05, 3.63) is 91.4 Å². The molecule has 2 aromatic carbocycles. The number of nitrogens with zero attached hydrogens (tertiary/aromatic N) is 2. The smallest absolute Gasteiger partial charge is 0.325 e. The van der Waals surface area contributed by atoms with Gasteiger partial charge in [0, 0.05) is 5.69 Å². The van der Waals surface area contributed by atoms with E-state index in [1.807, 2.05) is 45.0 Å². The lowest BCUT2D eigenvalue weighted by atomic mass is 10.1. The number of fused-ring (bicyclic) bond motifs is 1. The van der Waals surface area contributed by atoms with Gasteiger partial charge in [-0.3, -0.25) is 14.2 Å². The molecule has 7 heteroatoms. The molecule has 1 N–H and O–H groups in total. The summed E-state index contributed by atoms with van der Waals surface area (Å²) in [5, 5.41) is 4.58. The number of hydrogen-bond acceptors (Lipinski definition) is 4. The van der Waals surface area contributed by atoms with Gasteiger partial charge < -0.3 is 5.32 Å². The van der Waals surface area contributed by atoms with Gasteiger partial charge >= 0.3 is 5.69 Å². The lowest BCUT2D eigenvalue weighted by molar-refractivity contribution is -0.116. The predicted molar refractivity (Wildman–Crippen MR) is 121 cm³/mol. The molecule has 4 aromatic rings. The number of amides is 1. The molecule has 0 saturated carbocycles. The summed E-state index contributed by atoms with van der Waals surface area (Å²) in [5.41, 5.74) is 3.66. The Morgan fingerprint density at radius 3 is 2.40 bits per heavy atom. The van der Waals surface area contributed by atoms with Crippen LogP contribution in [0.2, 0.25) is 0 Å². The molecule has 0 fully saturated rings. The van der Waals surface area contributed by atoms with E-state index >= 15 is 0 Å². The van der Waals surface area contributed by atoms with Gasteiger partial charge in [-0.15, -0.1) is 11.3 Å². The highest BCUT2D eigenvalue weighted by atomic mass is 32.1. The van der Waals surface area contributed by atoms with Crippen LogP contribution < -0.4 is 16.6 Å². The summed E-state index contributed by atoms with van der Waals surface area (Å²) in [6.07, 6.45) is 0. The van der Waals surface area contributed by atoms with Crippen LogP contribution in [0.15, 0.2) is 63.5 Å². The van der Waals surface area contributed by atoms with Crippen molar-refractivity contribution in [1.82, 2.24) is 9.13 Å². The number of thiophene rings is 1. The topological polar surface area (TPSA) is 73.1 Å². The average Bonchev–Trinajstić information content (AvgIpc) is 3.14. The van der Waals surface area contributed by atoms with E-state index in [-0.39, 0.29) is 18.0 Å². The van der Waals surface area contributed by atoms with Crippen molar-refractivity contribution in [3.8, 4) is 5.69 Å². The maximum Gasteiger partial charge on any atom is 0.336 e. The van der Waals surface area contributed by atoms with Crippen molar-refractivity contribution in [2.24, 2.45) is 0 Å². The first-order valence-corrected chi connectivity index (χ1v) is 10.4. The van der Waals surface area contributed by atoms with Crippen LogP contribution in [0.4, 0.5) is 5.69 Å². The molecule has 2 aromatic heterocycles. The summed E-state index contributed by atoms with van der Waals surface area (Å²) in [6, 6.07) is 14.7. The molecule has 0 aliphatic heterocycles. The number of anilines is 1. The zero-order valence-corrected chi connectivity index (χ0v) is 17.7. The third-order valence-electron chi connectivity index (χ3n) is 4.82. The summed E-state index contributed by atoms with van der Waals surface area (Å²) in [7, 11) is 0. The van der Waals surface area contributed by atoms with Gasteiger partial charge in [-0.2, -0.15) is 0 Å². The SMILES string of the molecule is Cc1cccc(NC(=O)Cn2c(=O)n(-c3cc(C)cc(C)c3)c(=O)c3sccc32)c1. The monoisotopic (exact) mass is 419 g/mol. The molecule has 0 aliphatic carbocycles. The molecule has 152 valence electrons. The normalized spacial score (nSPS) is 11.0.